The molecule has 0 aliphatic rings. The third-order valence-electron chi connectivity index (χ3n) is 2.59. The van der Waals surface area contributed by atoms with Crippen molar-refractivity contribution >= 4 is 11.9 Å². The Morgan fingerprint density at radius 1 is 1.20 bits per heavy atom. The fourth-order valence-electron chi connectivity index (χ4n) is 1.53. The number of amides is 1. The predicted molar refractivity (Wildman–Crippen MR) is 71.8 cm³/mol. The molecule has 0 saturated heterocycles. The van der Waals surface area contributed by atoms with Gasteiger partial charge in [0.1, 0.15) is 11.5 Å². The maximum atomic E-state index is 11.2. The fourth-order valence-corrected chi connectivity index (χ4v) is 1.53. The van der Waals surface area contributed by atoms with Crippen molar-refractivity contribution in [2.75, 3.05) is 19.5 Å². The van der Waals surface area contributed by atoms with Crippen molar-refractivity contribution in [2.45, 2.75) is 13.3 Å². The Kier molecular flexibility index (Phi) is 4.19. The third kappa shape index (κ3) is 3.05. The summed E-state index contributed by atoms with van der Waals surface area (Å²) in [5.41, 5.74) is 0.644. The number of ether oxygens (including phenoxy) is 2. The third-order valence-corrected chi connectivity index (χ3v) is 2.59. The number of benzene rings is 1. The van der Waals surface area contributed by atoms with Crippen molar-refractivity contribution < 1.29 is 18.7 Å². The minimum atomic E-state index is -0.191. The molecule has 0 atom stereocenters. The molecule has 20 heavy (non-hydrogen) atoms. The molecule has 0 bridgehead atoms. The van der Waals surface area contributed by atoms with Crippen LogP contribution in [0.15, 0.2) is 22.6 Å². The molecule has 0 aliphatic heterocycles. The first kappa shape index (κ1) is 13.9. The van der Waals surface area contributed by atoms with E-state index in [-0.39, 0.29) is 17.8 Å². The van der Waals surface area contributed by atoms with Crippen LogP contribution in [0.1, 0.15) is 13.3 Å². The van der Waals surface area contributed by atoms with E-state index in [1.54, 1.807) is 39.3 Å². The lowest BCUT2D eigenvalue weighted by atomic mass is 10.2. The highest BCUT2D eigenvalue weighted by atomic mass is 16.5. The molecule has 1 aromatic heterocycles. The Morgan fingerprint density at radius 2 is 1.85 bits per heavy atom. The molecule has 106 valence electrons. The number of aromatic nitrogens is 2. The highest BCUT2D eigenvalue weighted by Gasteiger charge is 2.12. The molecule has 7 nitrogen and oxygen atoms in total. The second kappa shape index (κ2) is 6.05. The first-order valence-electron chi connectivity index (χ1n) is 6.03. The van der Waals surface area contributed by atoms with Gasteiger partial charge in [-0.1, -0.05) is 12.0 Å². The van der Waals surface area contributed by atoms with Crippen molar-refractivity contribution in [3.05, 3.63) is 18.2 Å². The van der Waals surface area contributed by atoms with Crippen LogP contribution in [0.3, 0.4) is 0 Å². The van der Waals surface area contributed by atoms with E-state index < -0.39 is 0 Å². The monoisotopic (exact) mass is 277 g/mol. The molecule has 2 rings (SSSR count). The van der Waals surface area contributed by atoms with Crippen LogP contribution in [-0.2, 0) is 4.79 Å². The number of carbonyl (C=O) groups is 1. The van der Waals surface area contributed by atoms with Crippen molar-refractivity contribution in [1.82, 2.24) is 10.2 Å². The van der Waals surface area contributed by atoms with Gasteiger partial charge in [-0.05, 0) is 12.1 Å². The molecular formula is C13H15N3O4. The maximum absolute atomic E-state index is 11.2. The molecule has 1 aromatic carbocycles. The van der Waals surface area contributed by atoms with Gasteiger partial charge in [-0.2, -0.15) is 0 Å². The maximum Gasteiger partial charge on any atom is 0.322 e. The van der Waals surface area contributed by atoms with Crippen LogP contribution in [0.2, 0.25) is 0 Å². The van der Waals surface area contributed by atoms with Crippen LogP contribution in [0.4, 0.5) is 6.01 Å². The molecule has 1 heterocycles. The molecule has 0 aliphatic carbocycles. The van der Waals surface area contributed by atoms with E-state index in [1.807, 2.05) is 0 Å². The van der Waals surface area contributed by atoms with E-state index >= 15 is 0 Å². The average Bonchev–Trinajstić information content (AvgIpc) is 2.94. The van der Waals surface area contributed by atoms with Crippen LogP contribution in [0.5, 0.6) is 11.5 Å². The van der Waals surface area contributed by atoms with Gasteiger partial charge in [0.2, 0.25) is 11.8 Å². The van der Waals surface area contributed by atoms with Crippen LogP contribution < -0.4 is 14.8 Å². The van der Waals surface area contributed by atoms with E-state index in [0.717, 1.165) is 0 Å². The molecule has 0 unspecified atom stereocenters. The molecule has 0 spiro atoms. The van der Waals surface area contributed by atoms with Crippen LogP contribution in [-0.4, -0.2) is 30.3 Å². The minimum Gasteiger partial charge on any atom is -0.497 e. The number of nitrogens with zero attached hydrogens (tertiary/aromatic N) is 2. The summed E-state index contributed by atoms with van der Waals surface area (Å²) >= 11 is 0. The normalized spacial score (nSPS) is 10.2. The Morgan fingerprint density at radius 3 is 2.40 bits per heavy atom. The predicted octanol–water partition coefficient (Wildman–Crippen LogP) is 2.10. The molecule has 2 aromatic rings. The highest BCUT2D eigenvalue weighted by molar-refractivity contribution is 5.88. The molecule has 1 amide bonds. The zero-order valence-corrected chi connectivity index (χ0v) is 11.5. The lowest BCUT2D eigenvalue weighted by Gasteiger charge is -2.05. The van der Waals surface area contributed by atoms with Crippen molar-refractivity contribution in [1.29, 1.82) is 0 Å². The van der Waals surface area contributed by atoms with Crippen molar-refractivity contribution in [3.63, 3.8) is 0 Å². The van der Waals surface area contributed by atoms with Gasteiger partial charge in [0.05, 0.1) is 14.2 Å². The van der Waals surface area contributed by atoms with Gasteiger partial charge in [0, 0.05) is 18.1 Å². The SMILES string of the molecule is CCC(=O)Nc1nnc(-c2cc(OC)cc(OC)c2)o1. The number of hydrogen-bond donors (Lipinski definition) is 1. The number of hydrogen-bond acceptors (Lipinski definition) is 6. The summed E-state index contributed by atoms with van der Waals surface area (Å²) < 4.78 is 15.7. The Labute approximate surface area is 115 Å². The van der Waals surface area contributed by atoms with E-state index in [9.17, 15) is 4.79 Å². The number of methoxy groups -OCH3 is 2. The second-order valence-corrected chi connectivity index (χ2v) is 3.92. The number of carbonyl (C=O) groups excluding carboxylic acids is 1. The Bertz CT molecular complexity index is 587. The van der Waals surface area contributed by atoms with Crippen LogP contribution in [0, 0.1) is 0 Å². The summed E-state index contributed by atoms with van der Waals surface area (Å²) in [5, 5.41) is 10.1. The van der Waals surface area contributed by atoms with E-state index in [0.29, 0.717) is 23.5 Å². The van der Waals surface area contributed by atoms with E-state index in [1.165, 1.54) is 0 Å². The Balaban J connectivity index is 2.29. The van der Waals surface area contributed by atoms with Gasteiger partial charge in [0.15, 0.2) is 0 Å². The van der Waals surface area contributed by atoms with Crippen molar-refractivity contribution in [2.24, 2.45) is 0 Å². The lowest BCUT2D eigenvalue weighted by Crippen LogP contribution is -2.09. The molecule has 7 heteroatoms. The quantitative estimate of drug-likeness (QED) is 0.900. The lowest BCUT2D eigenvalue weighted by molar-refractivity contribution is -0.116. The molecule has 1 N–H and O–H groups in total. The summed E-state index contributed by atoms with van der Waals surface area (Å²) in [6.45, 7) is 1.74. The summed E-state index contributed by atoms with van der Waals surface area (Å²) in [5.74, 6) is 1.30. The summed E-state index contributed by atoms with van der Waals surface area (Å²) in [6, 6.07) is 5.27. The van der Waals surface area contributed by atoms with Gasteiger partial charge >= 0.3 is 6.01 Å². The molecular weight excluding hydrogens is 262 g/mol. The smallest absolute Gasteiger partial charge is 0.322 e. The number of rotatable bonds is 5. The second-order valence-electron chi connectivity index (χ2n) is 3.92. The van der Waals surface area contributed by atoms with E-state index in [2.05, 4.69) is 15.5 Å². The zero-order valence-electron chi connectivity index (χ0n) is 11.5. The van der Waals surface area contributed by atoms with E-state index in [4.69, 9.17) is 13.9 Å². The summed E-state index contributed by atoms with van der Waals surface area (Å²) in [6.07, 6.45) is 0.338. The largest absolute Gasteiger partial charge is 0.497 e. The van der Waals surface area contributed by atoms with Gasteiger partial charge in [-0.3, -0.25) is 10.1 Å². The average molecular weight is 277 g/mol. The van der Waals surface area contributed by atoms with Crippen LogP contribution >= 0.6 is 0 Å². The highest BCUT2D eigenvalue weighted by Crippen LogP contribution is 2.29. The van der Waals surface area contributed by atoms with Gasteiger partial charge in [-0.25, -0.2) is 0 Å². The minimum absolute atomic E-state index is 0.0636. The van der Waals surface area contributed by atoms with Crippen LogP contribution in [0.25, 0.3) is 11.5 Å². The zero-order chi connectivity index (χ0) is 14.5. The molecule has 0 fully saturated rings. The van der Waals surface area contributed by atoms with Gasteiger partial charge in [0.25, 0.3) is 0 Å². The topological polar surface area (TPSA) is 86.5 Å². The first-order chi connectivity index (χ1) is 9.66. The molecule has 0 radical (unpaired) electrons. The number of anilines is 1. The first-order valence-corrected chi connectivity index (χ1v) is 6.03. The summed E-state index contributed by atoms with van der Waals surface area (Å²) in [7, 11) is 3.11. The van der Waals surface area contributed by atoms with Gasteiger partial charge in [-0.15, -0.1) is 5.10 Å². The number of nitrogens with one attached hydrogen (secondary N) is 1. The summed E-state index contributed by atoms with van der Waals surface area (Å²) in [4.78, 5) is 11.2. The fraction of sp³-hybridized carbons (Fsp3) is 0.308. The Hall–Kier alpha value is -2.57. The standard InChI is InChI=1S/C13H15N3O4/c1-4-11(17)14-13-16-15-12(20-13)8-5-9(18-2)7-10(6-8)19-3/h5-7H,4H2,1-3H3,(H,14,16,17). The molecule has 0 saturated carbocycles. The van der Waals surface area contributed by atoms with Crippen molar-refractivity contribution in [3.8, 4) is 23.0 Å². The van der Waals surface area contributed by atoms with Gasteiger partial charge < -0.3 is 13.9 Å².